The smallest absolute Gasteiger partial charge is 0.274 e. The summed E-state index contributed by atoms with van der Waals surface area (Å²) in [5.74, 6) is 1.61. The number of thiazole rings is 1. The van der Waals surface area contributed by atoms with Gasteiger partial charge in [-0.15, -0.1) is 11.3 Å². The number of hydrogen-bond acceptors (Lipinski definition) is 10. The summed E-state index contributed by atoms with van der Waals surface area (Å²) in [6.45, 7) is 3.60. The number of ether oxygens (including phenoxy) is 1. The van der Waals surface area contributed by atoms with Gasteiger partial charge in [0.15, 0.2) is 11.8 Å². The number of thioether (sulfide) groups is 1. The molecule has 14 heteroatoms. The fourth-order valence-electron chi connectivity index (χ4n) is 4.57. The second-order valence-corrected chi connectivity index (χ2v) is 12.6. The lowest BCUT2D eigenvalue weighted by atomic mass is 10.0. The number of nitrogens with two attached hydrogens (primary N) is 2. The average molecular weight is 673 g/mol. The molecule has 0 fully saturated rings. The Morgan fingerprint density at radius 2 is 1.76 bits per heavy atom. The zero-order chi connectivity index (χ0) is 33.0. The van der Waals surface area contributed by atoms with Crippen LogP contribution in [0.2, 0.25) is 0 Å². The zero-order valence-electron chi connectivity index (χ0n) is 26.3. The fraction of sp³-hybridized carbons (Fsp3) is 0.438. The molecular weight excluding hydrogens is 628 g/mol. The molecule has 11 nitrogen and oxygen atoms in total. The van der Waals surface area contributed by atoms with Crippen molar-refractivity contribution < 1.29 is 14.1 Å². The van der Waals surface area contributed by atoms with Crippen LogP contribution in [0.4, 0.5) is 9.52 Å². The summed E-state index contributed by atoms with van der Waals surface area (Å²) in [5, 5.41) is 19.8. The molecule has 6 N–H and O–H groups in total. The summed E-state index contributed by atoms with van der Waals surface area (Å²) in [6.07, 6.45) is 6.04. The molecule has 0 saturated carbocycles. The first kappa shape index (κ1) is 36.7. The van der Waals surface area contributed by atoms with E-state index in [-0.39, 0.29) is 17.9 Å². The molecule has 1 aromatic heterocycles. The number of unbranched alkanes of at least 4 members (excludes halogenated alkanes) is 4. The minimum atomic E-state index is -0.449. The Hall–Kier alpha value is -3.72. The van der Waals surface area contributed by atoms with Crippen LogP contribution >= 0.6 is 23.1 Å². The van der Waals surface area contributed by atoms with Gasteiger partial charge in [-0.25, -0.2) is 9.37 Å². The molecule has 0 aliphatic heterocycles. The van der Waals surface area contributed by atoms with Gasteiger partial charge < -0.3 is 31.7 Å². The van der Waals surface area contributed by atoms with Crippen LogP contribution < -0.4 is 22.1 Å². The molecule has 250 valence electrons. The van der Waals surface area contributed by atoms with Gasteiger partial charge in [-0.1, -0.05) is 61.7 Å². The minimum Gasteiger partial charge on any atom is -0.370 e. The third-order valence-corrected chi connectivity index (χ3v) is 8.65. The monoisotopic (exact) mass is 672 g/mol. The fourth-order valence-corrected chi connectivity index (χ4v) is 6.13. The summed E-state index contributed by atoms with van der Waals surface area (Å²) in [5.41, 5.74) is 13.6. The second-order valence-electron chi connectivity index (χ2n) is 10.7. The van der Waals surface area contributed by atoms with Crippen molar-refractivity contribution in [1.29, 1.82) is 0 Å². The molecule has 0 aliphatic rings. The SMILES string of the molecule is CN(CCCCCCCN/C(=C/[N+](=O)[O-])NCCSCc1csc(N=C(N)N)n1)CCOC(c1ccccc1)c1ccc(F)cc1. The molecule has 1 unspecified atom stereocenters. The Balaban J connectivity index is 1.23. The maximum Gasteiger partial charge on any atom is 0.274 e. The maximum absolute atomic E-state index is 13.5. The molecule has 0 radical (unpaired) electrons. The number of halogens is 1. The molecule has 0 amide bonds. The van der Waals surface area contributed by atoms with E-state index in [1.807, 2.05) is 35.7 Å². The van der Waals surface area contributed by atoms with Crippen molar-refractivity contribution in [2.75, 3.05) is 45.6 Å². The van der Waals surface area contributed by atoms with E-state index in [2.05, 4.69) is 32.6 Å². The van der Waals surface area contributed by atoms with Crippen LogP contribution in [0.25, 0.3) is 0 Å². The van der Waals surface area contributed by atoms with Gasteiger partial charge in [-0.05, 0) is 49.7 Å². The van der Waals surface area contributed by atoms with Crippen LogP contribution in [0.3, 0.4) is 0 Å². The lowest BCUT2D eigenvalue weighted by molar-refractivity contribution is -0.404. The Morgan fingerprint density at radius 1 is 1.07 bits per heavy atom. The Kier molecular flexibility index (Phi) is 16.9. The topological polar surface area (TPSA) is 157 Å². The van der Waals surface area contributed by atoms with E-state index in [9.17, 15) is 14.5 Å². The Labute approximate surface area is 278 Å². The first-order valence-electron chi connectivity index (χ1n) is 15.4. The molecule has 0 spiro atoms. The van der Waals surface area contributed by atoms with E-state index in [0.29, 0.717) is 36.4 Å². The minimum absolute atomic E-state index is 0.0181. The van der Waals surface area contributed by atoms with Crippen LogP contribution in [0, 0.1) is 15.9 Å². The number of rotatable bonds is 23. The van der Waals surface area contributed by atoms with E-state index < -0.39 is 4.92 Å². The zero-order valence-corrected chi connectivity index (χ0v) is 27.9. The summed E-state index contributed by atoms with van der Waals surface area (Å²) in [7, 11) is 2.10. The largest absolute Gasteiger partial charge is 0.370 e. The van der Waals surface area contributed by atoms with Gasteiger partial charge in [-0.2, -0.15) is 16.8 Å². The molecule has 1 atom stereocenters. The summed E-state index contributed by atoms with van der Waals surface area (Å²) in [4.78, 5) is 21.2. The molecule has 0 bridgehead atoms. The van der Waals surface area contributed by atoms with Crippen molar-refractivity contribution in [3.05, 3.63) is 105 Å². The number of aliphatic imine (C=N–C) groups is 1. The van der Waals surface area contributed by atoms with Crippen molar-refractivity contribution in [2.24, 2.45) is 16.5 Å². The number of guanidine groups is 1. The van der Waals surface area contributed by atoms with Crippen LogP contribution in [0.5, 0.6) is 0 Å². The third kappa shape index (κ3) is 15.0. The number of nitrogens with one attached hydrogen (secondary N) is 2. The van der Waals surface area contributed by atoms with Gasteiger partial charge >= 0.3 is 0 Å². The molecule has 3 aromatic rings. The predicted molar refractivity (Wildman–Crippen MR) is 186 cm³/mol. The average Bonchev–Trinajstić information content (AvgIpc) is 3.47. The van der Waals surface area contributed by atoms with Gasteiger partial charge in [0.05, 0.1) is 17.2 Å². The molecule has 0 saturated heterocycles. The maximum atomic E-state index is 13.5. The van der Waals surface area contributed by atoms with Crippen LogP contribution in [0.1, 0.15) is 55.0 Å². The first-order chi connectivity index (χ1) is 22.3. The van der Waals surface area contributed by atoms with Crippen molar-refractivity contribution in [2.45, 2.75) is 44.0 Å². The van der Waals surface area contributed by atoms with Crippen LogP contribution in [-0.2, 0) is 10.5 Å². The van der Waals surface area contributed by atoms with Crippen molar-refractivity contribution in [3.8, 4) is 0 Å². The molecule has 3 rings (SSSR count). The normalized spacial score (nSPS) is 12.2. The number of benzene rings is 2. The lowest BCUT2D eigenvalue weighted by Gasteiger charge is -2.22. The highest BCUT2D eigenvalue weighted by Crippen LogP contribution is 2.26. The van der Waals surface area contributed by atoms with Gasteiger partial charge in [0.25, 0.3) is 6.20 Å². The first-order valence-corrected chi connectivity index (χ1v) is 17.4. The number of likely N-dealkylation sites (N-methyl/N-ethyl adjacent to an activating group) is 1. The summed E-state index contributed by atoms with van der Waals surface area (Å²) in [6, 6.07) is 16.5. The van der Waals surface area contributed by atoms with E-state index in [4.69, 9.17) is 16.2 Å². The standard InChI is InChI=1S/C32H45FN8O3S2/c1-40(19-20-44-30(25-10-6-5-7-11-25)26-12-14-27(33)15-13-26)18-9-4-2-3-8-16-36-29(22-41(42)43)37-17-21-45-23-28-24-46-32(38-28)39-31(34)35/h5-7,10-15,22,24,30,36-37H,2-4,8-9,16-21,23H2,1H3,(H4,34,35,38,39)/b29-22-. The molecule has 1 heterocycles. The van der Waals surface area contributed by atoms with Gasteiger partial charge in [-0.3, -0.25) is 10.1 Å². The van der Waals surface area contributed by atoms with Gasteiger partial charge in [0.1, 0.15) is 11.9 Å². The van der Waals surface area contributed by atoms with Crippen molar-refractivity contribution in [3.63, 3.8) is 0 Å². The van der Waals surface area contributed by atoms with E-state index in [1.54, 1.807) is 23.9 Å². The molecular formula is C32H45FN8O3S2. The molecule has 0 aliphatic carbocycles. The predicted octanol–water partition coefficient (Wildman–Crippen LogP) is 5.36. The van der Waals surface area contributed by atoms with E-state index in [1.165, 1.54) is 23.5 Å². The van der Waals surface area contributed by atoms with E-state index in [0.717, 1.165) is 74.0 Å². The Bertz CT molecular complexity index is 1350. The highest BCUT2D eigenvalue weighted by atomic mass is 32.2. The number of nitro groups is 1. The Morgan fingerprint density at radius 3 is 2.50 bits per heavy atom. The van der Waals surface area contributed by atoms with Gasteiger partial charge in [0.2, 0.25) is 5.13 Å². The summed E-state index contributed by atoms with van der Waals surface area (Å²) >= 11 is 3.05. The van der Waals surface area contributed by atoms with Crippen molar-refractivity contribution in [1.82, 2.24) is 20.5 Å². The number of hydrogen-bond donors (Lipinski definition) is 4. The molecule has 2 aromatic carbocycles. The highest BCUT2D eigenvalue weighted by Gasteiger charge is 2.15. The van der Waals surface area contributed by atoms with Crippen molar-refractivity contribution >= 4 is 34.2 Å². The number of nitrogens with zero attached hydrogens (tertiary/aromatic N) is 4. The lowest BCUT2D eigenvalue weighted by Crippen LogP contribution is -2.29. The van der Waals surface area contributed by atoms with E-state index >= 15 is 0 Å². The highest BCUT2D eigenvalue weighted by molar-refractivity contribution is 7.98. The van der Waals surface area contributed by atoms with Crippen LogP contribution in [-0.4, -0.2) is 66.4 Å². The summed E-state index contributed by atoms with van der Waals surface area (Å²) < 4.78 is 19.7. The second kappa shape index (κ2) is 21.1. The third-order valence-electron chi connectivity index (χ3n) is 6.88. The molecule has 46 heavy (non-hydrogen) atoms. The van der Waals surface area contributed by atoms with Crippen LogP contribution in [0.15, 0.2) is 77.0 Å². The van der Waals surface area contributed by atoms with Gasteiger partial charge in [0, 0.05) is 36.5 Å². The number of aromatic nitrogens is 1. The quantitative estimate of drug-likeness (QED) is 0.0340.